The van der Waals surface area contributed by atoms with Gasteiger partial charge in [0, 0.05) is 6.42 Å². The molecule has 0 radical (unpaired) electrons. The van der Waals surface area contributed by atoms with Crippen LogP contribution in [-0.4, -0.2) is 87.5 Å². The summed E-state index contributed by atoms with van der Waals surface area (Å²) in [6.07, 6.45) is 28.7. The number of hydrogen-bond donors (Lipinski definition) is 6. The number of rotatable bonds is 36. The predicted octanol–water partition coefficient (Wildman–Crippen LogP) is 8.39. The molecule has 1 saturated heterocycles. The summed E-state index contributed by atoms with van der Waals surface area (Å²) in [5.74, 6) is -0.146. The van der Waals surface area contributed by atoms with Crippen LogP contribution in [0.25, 0.3) is 0 Å². The number of hydrogen-bond acceptors (Lipinski definition) is 8. The minimum Gasteiger partial charge on any atom is -0.394 e. The summed E-state index contributed by atoms with van der Waals surface area (Å²) < 4.78 is 11.2. The monoisotopic (exact) mass is 730 g/mol. The van der Waals surface area contributed by atoms with Gasteiger partial charge in [0.2, 0.25) is 5.91 Å². The highest BCUT2D eigenvalue weighted by Gasteiger charge is 2.44. The molecular weight excluding hydrogens is 646 g/mol. The van der Waals surface area contributed by atoms with Crippen LogP contribution >= 0.6 is 0 Å². The van der Waals surface area contributed by atoms with Gasteiger partial charge in [-0.3, -0.25) is 4.79 Å². The summed E-state index contributed by atoms with van der Waals surface area (Å²) in [7, 11) is 0. The van der Waals surface area contributed by atoms with Crippen molar-refractivity contribution in [2.75, 3.05) is 13.2 Å². The minimum absolute atomic E-state index is 0.134. The van der Waals surface area contributed by atoms with Crippen molar-refractivity contribution in [2.24, 2.45) is 0 Å². The van der Waals surface area contributed by atoms with E-state index >= 15 is 0 Å². The molecule has 0 spiro atoms. The number of carbonyl (C=O) groups excluding carboxylic acids is 1. The first-order valence-electron chi connectivity index (χ1n) is 21.7. The highest BCUT2D eigenvalue weighted by atomic mass is 16.7. The Morgan fingerprint density at radius 2 is 0.980 bits per heavy atom. The molecule has 7 atom stereocenters. The Labute approximate surface area is 313 Å². The van der Waals surface area contributed by atoms with E-state index in [0.29, 0.717) is 12.8 Å². The summed E-state index contributed by atoms with van der Waals surface area (Å²) >= 11 is 0. The van der Waals surface area contributed by atoms with E-state index < -0.39 is 49.5 Å². The van der Waals surface area contributed by atoms with Gasteiger partial charge in [0.15, 0.2) is 6.29 Å². The average molecular weight is 730 g/mol. The first-order chi connectivity index (χ1) is 24.8. The smallest absolute Gasteiger partial charge is 0.220 e. The number of unbranched alkanes of at least 4 members (excludes halogenated alkanes) is 26. The van der Waals surface area contributed by atoms with Gasteiger partial charge in [-0.05, 0) is 12.8 Å². The number of amides is 1. The SMILES string of the molecule is CCCCCCCCCCCCCCCCCCCCCCCCC(=O)NC(COC1OC(CO)C(O)C(O)C1O)C(O)CCCCCCCC. The van der Waals surface area contributed by atoms with Crippen LogP contribution in [0.1, 0.15) is 206 Å². The summed E-state index contributed by atoms with van der Waals surface area (Å²) in [5.41, 5.74) is 0. The molecule has 51 heavy (non-hydrogen) atoms. The first kappa shape index (κ1) is 48.2. The van der Waals surface area contributed by atoms with E-state index in [1.165, 1.54) is 141 Å². The standard InChI is InChI=1S/C42H83NO8/c1-3-5-7-9-11-12-13-14-15-16-17-18-19-20-21-22-23-24-25-26-28-30-32-38(46)43-35(36(45)31-29-27-10-8-6-4-2)34-50-42-41(49)40(48)39(47)37(33-44)51-42/h35-37,39-42,44-45,47-49H,3-34H2,1-2H3,(H,43,46). The molecular formula is C42H83NO8. The lowest BCUT2D eigenvalue weighted by molar-refractivity contribution is -0.302. The van der Waals surface area contributed by atoms with Crippen molar-refractivity contribution in [1.82, 2.24) is 5.32 Å². The van der Waals surface area contributed by atoms with Gasteiger partial charge >= 0.3 is 0 Å². The molecule has 0 aromatic carbocycles. The number of aliphatic hydroxyl groups excluding tert-OH is 5. The van der Waals surface area contributed by atoms with Crippen LogP contribution in [0.5, 0.6) is 0 Å². The lowest BCUT2D eigenvalue weighted by Gasteiger charge is -2.40. The Kier molecular flexibility index (Phi) is 31.9. The van der Waals surface area contributed by atoms with Crippen molar-refractivity contribution in [3.8, 4) is 0 Å². The summed E-state index contributed by atoms with van der Waals surface area (Å²) in [6, 6.07) is -0.708. The van der Waals surface area contributed by atoms with Crippen LogP contribution in [0.3, 0.4) is 0 Å². The molecule has 1 amide bonds. The third kappa shape index (κ3) is 25.0. The summed E-state index contributed by atoms with van der Waals surface area (Å²) in [6.45, 7) is 3.77. The maximum Gasteiger partial charge on any atom is 0.220 e. The fourth-order valence-corrected chi connectivity index (χ4v) is 7.16. The molecule has 1 aliphatic heterocycles. The van der Waals surface area contributed by atoms with Crippen molar-refractivity contribution < 1.29 is 39.8 Å². The maximum atomic E-state index is 12.9. The fourth-order valence-electron chi connectivity index (χ4n) is 7.16. The summed E-state index contributed by atoms with van der Waals surface area (Å²) in [4.78, 5) is 12.9. The van der Waals surface area contributed by atoms with Crippen molar-refractivity contribution >= 4 is 5.91 Å². The van der Waals surface area contributed by atoms with E-state index in [0.717, 1.165) is 38.5 Å². The van der Waals surface area contributed by atoms with Crippen LogP contribution in [-0.2, 0) is 14.3 Å². The minimum atomic E-state index is -1.55. The number of carbonyl (C=O) groups is 1. The Bertz CT molecular complexity index is 771. The molecule has 9 heteroatoms. The quantitative estimate of drug-likeness (QED) is 0.0353. The molecule has 9 nitrogen and oxygen atoms in total. The normalized spacial score (nSPS) is 21.9. The molecule has 1 fully saturated rings. The van der Waals surface area contributed by atoms with Crippen molar-refractivity contribution in [2.45, 2.75) is 249 Å². The molecule has 304 valence electrons. The Morgan fingerprint density at radius 1 is 0.588 bits per heavy atom. The van der Waals surface area contributed by atoms with Crippen LogP contribution in [0, 0.1) is 0 Å². The zero-order chi connectivity index (χ0) is 37.4. The molecule has 1 heterocycles. The lowest BCUT2D eigenvalue weighted by atomic mass is 9.99. The fraction of sp³-hybridized carbons (Fsp3) is 0.976. The van der Waals surface area contributed by atoms with E-state index in [1.54, 1.807) is 0 Å². The molecule has 6 N–H and O–H groups in total. The van der Waals surface area contributed by atoms with Crippen LogP contribution in [0.4, 0.5) is 0 Å². The van der Waals surface area contributed by atoms with E-state index in [1.807, 2.05) is 0 Å². The van der Waals surface area contributed by atoms with Gasteiger partial charge in [-0.15, -0.1) is 0 Å². The first-order valence-corrected chi connectivity index (χ1v) is 21.7. The highest BCUT2D eigenvalue weighted by Crippen LogP contribution is 2.23. The van der Waals surface area contributed by atoms with Crippen LogP contribution < -0.4 is 5.32 Å². The van der Waals surface area contributed by atoms with Gasteiger partial charge in [0.1, 0.15) is 24.4 Å². The van der Waals surface area contributed by atoms with Crippen molar-refractivity contribution in [3.05, 3.63) is 0 Å². The van der Waals surface area contributed by atoms with E-state index in [9.17, 15) is 30.3 Å². The third-order valence-corrected chi connectivity index (χ3v) is 10.7. The van der Waals surface area contributed by atoms with Gasteiger partial charge in [-0.1, -0.05) is 187 Å². The third-order valence-electron chi connectivity index (χ3n) is 10.7. The van der Waals surface area contributed by atoms with Crippen LogP contribution in [0.2, 0.25) is 0 Å². The predicted molar refractivity (Wildman–Crippen MR) is 208 cm³/mol. The number of ether oxygens (including phenoxy) is 2. The molecule has 0 bridgehead atoms. The van der Waals surface area contributed by atoms with Crippen molar-refractivity contribution in [1.29, 1.82) is 0 Å². The maximum absolute atomic E-state index is 12.9. The Balaban J connectivity index is 2.17. The van der Waals surface area contributed by atoms with Crippen molar-refractivity contribution in [3.63, 3.8) is 0 Å². The molecule has 1 aliphatic rings. The zero-order valence-electron chi connectivity index (χ0n) is 33.1. The average Bonchev–Trinajstić information content (AvgIpc) is 3.13. The van der Waals surface area contributed by atoms with Gasteiger partial charge in [0.25, 0.3) is 0 Å². The van der Waals surface area contributed by atoms with Crippen LogP contribution in [0.15, 0.2) is 0 Å². The van der Waals surface area contributed by atoms with Gasteiger partial charge in [-0.25, -0.2) is 0 Å². The Hall–Kier alpha value is -0.810. The molecule has 0 saturated carbocycles. The number of aliphatic hydroxyl groups is 5. The second-order valence-electron chi connectivity index (χ2n) is 15.5. The lowest BCUT2D eigenvalue weighted by Crippen LogP contribution is -2.60. The van der Waals surface area contributed by atoms with E-state index in [4.69, 9.17) is 9.47 Å². The second-order valence-corrected chi connectivity index (χ2v) is 15.5. The number of nitrogens with one attached hydrogen (secondary N) is 1. The topological polar surface area (TPSA) is 149 Å². The molecule has 0 aliphatic carbocycles. The summed E-state index contributed by atoms with van der Waals surface area (Å²) in [5, 5.41) is 53.9. The van der Waals surface area contributed by atoms with Gasteiger partial charge < -0.3 is 40.3 Å². The largest absolute Gasteiger partial charge is 0.394 e. The molecule has 0 aromatic rings. The van der Waals surface area contributed by atoms with E-state index in [-0.39, 0.29) is 12.5 Å². The molecule has 0 aromatic heterocycles. The highest BCUT2D eigenvalue weighted by molar-refractivity contribution is 5.76. The van der Waals surface area contributed by atoms with Gasteiger partial charge in [0.05, 0.1) is 25.4 Å². The molecule has 1 rings (SSSR count). The van der Waals surface area contributed by atoms with Gasteiger partial charge in [-0.2, -0.15) is 0 Å². The zero-order valence-corrected chi connectivity index (χ0v) is 33.1. The Morgan fingerprint density at radius 3 is 1.39 bits per heavy atom. The van der Waals surface area contributed by atoms with E-state index in [2.05, 4.69) is 19.2 Å². The molecule has 7 unspecified atom stereocenters. The second kappa shape index (κ2) is 33.7.